The number of nitrogens with one attached hydrogen (secondary N) is 2. The molecule has 12 heteroatoms. The molecule has 0 bridgehead atoms. The van der Waals surface area contributed by atoms with Gasteiger partial charge < -0.3 is 30.4 Å². The number of anilines is 2. The van der Waals surface area contributed by atoms with Gasteiger partial charge in [-0.25, -0.2) is 0 Å². The molecule has 3 heterocycles. The first kappa shape index (κ1) is 32.1. The zero-order chi connectivity index (χ0) is 32.2. The molecule has 0 saturated carbocycles. The molecule has 0 unspecified atom stereocenters. The van der Waals surface area contributed by atoms with Crippen LogP contribution in [0.1, 0.15) is 41.9 Å². The van der Waals surface area contributed by atoms with Crippen molar-refractivity contribution in [3.8, 4) is 0 Å². The monoisotopic (exact) mass is 648 g/mol. The van der Waals surface area contributed by atoms with Crippen LogP contribution < -0.4 is 16.0 Å². The number of aromatic amines is 1. The van der Waals surface area contributed by atoms with Crippen molar-refractivity contribution in [1.29, 1.82) is 0 Å². The van der Waals surface area contributed by atoms with E-state index in [9.17, 15) is 9.59 Å². The number of halogens is 2. The highest BCUT2D eigenvalue weighted by molar-refractivity contribution is 6.35. The highest BCUT2D eigenvalue weighted by Crippen LogP contribution is 2.30. The average Bonchev–Trinajstić information content (AvgIpc) is 3.57. The zero-order valence-electron chi connectivity index (χ0n) is 25.9. The average molecular weight is 650 g/mol. The number of nitrogens with two attached hydrogens (primary N) is 1. The number of carbonyl (C=O) groups is 2. The van der Waals surface area contributed by atoms with Gasteiger partial charge in [-0.15, -0.1) is 0 Å². The lowest BCUT2D eigenvalue weighted by molar-refractivity contribution is -0.119. The molecule has 0 radical (unpaired) electrons. The number of hydrogen-bond acceptors (Lipinski definition) is 6. The van der Waals surface area contributed by atoms with E-state index in [1.165, 1.54) is 15.8 Å². The van der Waals surface area contributed by atoms with Gasteiger partial charge in [-0.05, 0) is 68.5 Å². The van der Waals surface area contributed by atoms with Crippen molar-refractivity contribution in [2.75, 3.05) is 37.4 Å². The normalized spacial score (nSPS) is 11.4. The van der Waals surface area contributed by atoms with E-state index in [0.717, 1.165) is 22.9 Å². The number of H-pyrrole nitrogens is 1. The highest BCUT2D eigenvalue weighted by Gasteiger charge is 2.27. The largest absolute Gasteiger partial charge is 0.368 e. The molecule has 0 atom stereocenters. The number of nitrogens with zero attached hydrogens (tertiary/aromatic N) is 5. The predicted molar refractivity (Wildman–Crippen MR) is 182 cm³/mol. The van der Waals surface area contributed by atoms with E-state index in [0.29, 0.717) is 59.1 Å². The lowest BCUT2D eigenvalue weighted by Gasteiger charge is -2.26. The van der Waals surface area contributed by atoms with Crippen molar-refractivity contribution >= 4 is 68.7 Å². The van der Waals surface area contributed by atoms with Gasteiger partial charge >= 0.3 is 0 Å². The molecule has 45 heavy (non-hydrogen) atoms. The van der Waals surface area contributed by atoms with E-state index in [1.807, 2.05) is 73.9 Å². The van der Waals surface area contributed by atoms with Gasteiger partial charge in [0.2, 0.25) is 11.9 Å². The van der Waals surface area contributed by atoms with Crippen LogP contribution in [0.15, 0.2) is 54.7 Å². The minimum atomic E-state index is -0.576. The number of para-hydroxylation sites is 1. The van der Waals surface area contributed by atoms with E-state index < -0.39 is 5.91 Å². The van der Waals surface area contributed by atoms with Gasteiger partial charge in [0.25, 0.3) is 5.91 Å². The molecule has 0 aliphatic carbocycles. The molecule has 4 N–H and O–H groups in total. The molecule has 5 rings (SSSR count). The maximum atomic E-state index is 14.0. The van der Waals surface area contributed by atoms with Crippen molar-refractivity contribution in [2.45, 2.75) is 45.7 Å². The number of primary amides is 1. The number of carbonyl (C=O) groups excluding carboxylic acids is 2. The lowest BCUT2D eigenvalue weighted by atomic mass is 10.1. The Balaban J connectivity index is 1.50. The summed E-state index contributed by atoms with van der Waals surface area (Å²) in [7, 11) is 3.82. The number of fused-ring (bicyclic) bond motifs is 2. The predicted octanol–water partition coefficient (Wildman–Crippen LogP) is 5.91. The first-order chi connectivity index (χ1) is 21.5. The van der Waals surface area contributed by atoms with Gasteiger partial charge in [0, 0.05) is 60.4 Å². The minimum absolute atomic E-state index is 0.189. The molecule has 10 nitrogen and oxygen atoms in total. The third-order valence-electron chi connectivity index (χ3n) is 7.78. The van der Waals surface area contributed by atoms with Crippen LogP contribution in [-0.2, 0) is 24.2 Å². The van der Waals surface area contributed by atoms with Gasteiger partial charge in [0.1, 0.15) is 17.2 Å². The SMILES string of the molecule is CC(C)N(CC(N)=O)C(=O)c1cc2c(N(C)C)nc(NCCc3c[nH]c4ccccc34)nc2n1CCCc1ccc(Cl)cc1Cl. The van der Waals surface area contributed by atoms with Crippen molar-refractivity contribution in [2.24, 2.45) is 5.73 Å². The number of rotatable bonds is 13. The summed E-state index contributed by atoms with van der Waals surface area (Å²) in [6, 6.07) is 15.2. The van der Waals surface area contributed by atoms with E-state index in [2.05, 4.69) is 22.4 Å². The van der Waals surface area contributed by atoms with E-state index in [1.54, 1.807) is 6.07 Å². The Hall–Kier alpha value is -4.28. The number of aryl methyl sites for hydroxylation is 2. The highest BCUT2D eigenvalue weighted by atomic mass is 35.5. The Bertz CT molecular complexity index is 1850. The summed E-state index contributed by atoms with van der Waals surface area (Å²) in [5.74, 6) is 0.259. The van der Waals surface area contributed by atoms with Gasteiger partial charge in [0.15, 0.2) is 0 Å². The second kappa shape index (κ2) is 13.8. The fourth-order valence-corrected chi connectivity index (χ4v) is 6.04. The van der Waals surface area contributed by atoms with Crippen LogP contribution >= 0.6 is 23.2 Å². The first-order valence-electron chi connectivity index (χ1n) is 14.9. The molecule has 0 spiro atoms. The molecule has 0 aliphatic rings. The van der Waals surface area contributed by atoms with Crippen LogP contribution in [-0.4, -0.2) is 69.5 Å². The molecule has 0 aliphatic heterocycles. The Kier molecular flexibility index (Phi) is 9.84. The molecule has 236 valence electrons. The standard InChI is InChI=1S/C33H38Cl2N8O2/c1-20(2)43(19-29(36)44)32(45)28-17-25-30(41(3)4)39-33(37-14-13-22-18-38-27-10-6-5-9-24(22)27)40-31(25)42(28)15-7-8-21-11-12-23(34)16-26(21)35/h5-6,9-12,16-18,20,38H,7-8,13-15,19H2,1-4H3,(H2,36,44)(H,37,39,40). The Morgan fingerprint density at radius 2 is 1.80 bits per heavy atom. The van der Waals surface area contributed by atoms with Crippen LogP contribution in [0, 0.1) is 0 Å². The van der Waals surface area contributed by atoms with E-state index >= 15 is 0 Å². The van der Waals surface area contributed by atoms with E-state index in [4.69, 9.17) is 38.9 Å². The third-order valence-corrected chi connectivity index (χ3v) is 8.37. The van der Waals surface area contributed by atoms with Crippen LogP contribution in [0.25, 0.3) is 21.9 Å². The molecule has 0 fully saturated rings. The summed E-state index contributed by atoms with van der Waals surface area (Å²) in [6.45, 7) is 4.62. The van der Waals surface area contributed by atoms with Gasteiger partial charge in [-0.3, -0.25) is 9.59 Å². The van der Waals surface area contributed by atoms with Crippen molar-refractivity contribution in [3.05, 3.63) is 81.6 Å². The molecule has 5 aromatic rings. The maximum absolute atomic E-state index is 14.0. The van der Waals surface area contributed by atoms with Gasteiger partial charge in [-0.2, -0.15) is 9.97 Å². The smallest absolute Gasteiger partial charge is 0.271 e. The number of amides is 2. The number of aromatic nitrogens is 4. The Labute approximate surface area is 272 Å². The van der Waals surface area contributed by atoms with Gasteiger partial charge in [-0.1, -0.05) is 47.5 Å². The molecule has 3 aromatic heterocycles. The minimum Gasteiger partial charge on any atom is -0.368 e. The number of benzene rings is 2. The second-order valence-electron chi connectivity index (χ2n) is 11.6. The summed E-state index contributed by atoms with van der Waals surface area (Å²) in [4.78, 5) is 42.3. The Morgan fingerprint density at radius 1 is 1.02 bits per heavy atom. The van der Waals surface area contributed by atoms with E-state index in [-0.39, 0.29) is 18.5 Å². The van der Waals surface area contributed by atoms with Crippen LogP contribution in [0.4, 0.5) is 11.8 Å². The van der Waals surface area contributed by atoms with Gasteiger partial charge in [0.05, 0.1) is 11.9 Å². The van der Waals surface area contributed by atoms with Crippen LogP contribution in [0.5, 0.6) is 0 Å². The van der Waals surface area contributed by atoms with Crippen molar-refractivity contribution in [3.63, 3.8) is 0 Å². The lowest BCUT2D eigenvalue weighted by Crippen LogP contribution is -2.43. The number of hydrogen-bond donors (Lipinski definition) is 3. The third kappa shape index (κ3) is 7.18. The molecule has 0 saturated heterocycles. The Morgan fingerprint density at radius 3 is 2.51 bits per heavy atom. The quantitative estimate of drug-likeness (QED) is 0.146. The first-order valence-corrected chi connectivity index (χ1v) is 15.7. The van der Waals surface area contributed by atoms with Crippen LogP contribution in [0.3, 0.4) is 0 Å². The second-order valence-corrected chi connectivity index (χ2v) is 12.4. The molecular weight excluding hydrogens is 611 g/mol. The van der Waals surface area contributed by atoms with Crippen molar-refractivity contribution in [1.82, 2.24) is 24.4 Å². The summed E-state index contributed by atoms with van der Waals surface area (Å²) in [6.07, 6.45) is 4.14. The zero-order valence-corrected chi connectivity index (χ0v) is 27.4. The molecular formula is C33H38Cl2N8O2. The summed E-state index contributed by atoms with van der Waals surface area (Å²) < 4.78 is 1.91. The fourth-order valence-electron chi connectivity index (χ4n) is 5.54. The summed E-state index contributed by atoms with van der Waals surface area (Å²) >= 11 is 12.6. The summed E-state index contributed by atoms with van der Waals surface area (Å²) in [5.41, 5.74) is 9.82. The molecule has 2 amide bonds. The fraction of sp³-hybridized carbons (Fsp3) is 0.333. The van der Waals surface area contributed by atoms with Crippen molar-refractivity contribution < 1.29 is 9.59 Å². The molecule has 2 aromatic carbocycles. The topological polar surface area (TPSA) is 125 Å². The van der Waals surface area contributed by atoms with Crippen LogP contribution in [0.2, 0.25) is 10.0 Å². The summed E-state index contributed by atoms with van der Waals surface area (Å²) in [5, 5.41) is 6.50. The maximum Gasteiger partial charge on any atom is 0.271 e.